The van der Waals surface area contributed by atoms with Crippen LogP contribution in [0.5, 0.6) is 0 Å². The third-order valence-electron chi connectivity index (χ3n) is 3.33. The molecule has 0 fully saturated rings. The molecule has 19 heavy (non-hydrogen) atoms. The van der Waals surface area contributed by atoms with E-state index in [0.717, 1.165) is 19.6 Å². The van der Waals surface area contributed by atoms with Crippen LogP contribution in [0.3, 0.4) is 0 Å². The van der Waals surface area contributed by atoms with Crippen LogP contribution in [0.15, 0.2) is 30.5 Å². The fourth-order valence-electron chi connectivity index (χ4n) is 2.49. The molecule has 1 aromatic carbocycles. The van der Waals surface area contributed by atoms with Crippen molar-refractivity contribution in [3.05, 3.63) is 36.0 Å². The normalized spacial score (nSPS) is 11.9. The molecule has 0 saturated heterocycles. The highest BCUT2D eigenvalue weighted by Crippen LogP contribution is 2.21. The Morgan fingerprint density at radius 2 is 1.84 bits per heavy atom. The van der Waals surface area contributed by atoms with E-state index in [4.69, 9.17) is 0 Å². The number of fused-ring (bicyclic) bond motifs is 1. The number of hydrogen-bond donors (Lipinski definition) is 1. The average Bonchev–Trinajstić information content (AvgIpc) is 2.72. The lowest BCUT2D eigenvalue weighted by Crippen LogP contribution is -2.19. The predicted molar refractivity (Wildman–Crippen MR) is 83.3 cm³/mol. The van der Waals surface area contributed by atoms with Crippen LogP contribution in [-0.2, 0) is 13.1 Å². The van der Waals surface area contributed by atoms with Crippen LogP contribution in [0, 0.1) is 11.8 Å². The van der Waals surface area contributed by atoms with Crippen LogP contribution in [0.4, 0.5) is 0 Å². The minimum atomic E-state index is 0.679. The third kappa shape index (κ3) is 3.60. The number of nitrogens with zero attached hydrogens (tertiary/aromatic N) is 1. The van der Waals surface area contributed by atoms with Gasteiger partial charge in [0.1, 0.15) is 0 Å². The van der Waals surface area contributed by atoms with Gasteiger partial charge in [0.2, 0.25) is 0 Å². The third-order valence-corrected chi connectivity index (χ3v) is 3.33. The lowest BCUT2D eigenvalue weighted by atomic mass is 10.1. The molecule has 1 heterocycles. The molecule has 0 aliphatic carbocycles. The van der Waals surface area contributed by atoms with Gasteiger partial charge in [-0.05, 0) is 36.1 Å². The largest absolute Gasteiger partial charge is 0.347 e. The van der Waals surface area contributed by atoms with Crippen LogP contribution in [0.1, 0.15) is 33.3 Å². The molecule has 0 spiro atoms. The highest BCUT2D eigenvalue weighted by molar-refractivity contribution is 5.83. The van der Waals surface area contributed by atoms with Gasteiger partial charge in [0.05, 0.1) is 0 Å². The molecule has 104 valence electrons. The highest BCUT2D eigenvalue weighted by Gasteiger charge is 2.06. The highest BCUT2D eigenvalue weighted by atomic mass is 15.0. The van der Waals surface area contributed by atoms with Crippen LogP contribution in [-0.4, -0.2) is 11.1 Å². The van der Waals surface area contributed by atoms with Gasteiger partial charge in [-0.2, -0.15) is 0 Å². The Balaban J connectivity index is 2.19. The van der Waals surface area contributed by atoms with Crippen molar-refractivity contribution in [2.24, 2.45) is 11.8 Å². The van der Waals surface area contributed by atoms with Gasteiger partial charge in [0.15, 0.2) is 0 Å². The van der Waals surface area contributed by atoms with Gasteiger partial charge in [-0.15, -0.1) is 0 Å². The Morgan fingerprint density at radius 1 is 1.05 bits per heavy atom. The summed E-state index contributed by atoms with van der Waals surface area (Å²) in [7, 11) is 0. The standard InChI is InChI=1S/C17H26N2/c1-13(2)10-18-11-15-6-5-7-17-16(15)8-9-19(17)12-14(3)4/h5-9,13-14,18H,10-12H2,1-4H3. The molecule has 2 heteroatoms. The summed E-state index contributed by atoms with van der Waals surface area (Å²) in [5.74, 6) is 1.38. The number of hydrogen-bond acceptors (Lipinski definition) is 1. The summed E-state index contributed by atoms with van der Waals surface area (Å²) in [6.45, 7) is 12.1. The summed E-state index contributed by atoms with van der Waals surface area (Å²) in [6, 6.07) is 8.88. The summed E-state index contributed by atoms with van der Waals surface area (Å²) < 4.78 is 2.37. The molecule has 0 amide bonds. The van der Waals surface area contributed by atoms with Gasteiger partial charge in [-0.3, -0.25) is 0 Å². The topological polar surface area (TPSA) is 17.0 Å². The Bertz CT molecular complexity index is 523. The number of aromatic nitrogens is 1. The van der Waals surface area contributed by atoms with Crippen molar-refractivity contribution >= 4 is 10.9 Å². The van der Waals surface area contributed by atoms with E-state index in [1.54, 1.807) is 0 Å². The molecule has 0 aliphatic heterocycles. The summed E-state index contributed by atoms with van der Waals surface area (Å²) >= 11 is 0. The van der Waals surface area contributed by atoms with Crippen LogP contribution in [0.25, 0.3) is 10.9 Å². The summed E-state index contributed by atoms with van der Waals surface area (Å²) in [4.78, 5) is 0. The quantitative estimate of drug-likeness (QED) is 0.827. The summed E-state index contributed by atoms with van der Waals surface area (Å²) in [5.41, 5.74) is 2.76. The molecule has 2 nitrogen and oxygen atoms in total. The van der Waals surface area contributed by atoms with Crippen LogP contribution >= 0.6 is 0 Å². The van der Waals surface area contributed by atoms with Gasteiger partial charge < -0.3 is 9.88 Å². The molecule has 0 aliphatic rings. The maximum Gasteiger partial charge on any atom is 0.0483 e. The molecule has 2 rings (SSSR count). The summed E-state index contributed by atoms with van der Waals surface area (Å²) in [6.07, 6.45) is 2.22. The molecule has 0 unspecified atom stereocenters. The number of rotatable bonds is 6. The fourth-order valence-corrected chi connectivity index (χ4v) is 2.49. The zero-order valence-corrected chi connectivity index (χ0v) is 12.6. The molecule has 1 aromatic heterocycles. The van der Waals surface area contributed by atoms with E-state index >= 15 is 0 Å². The van der Waals surface area contributed by atoms with Crippen molar-refractivity contribution in [2.75, 3.05) is 6.54 Å². The zero-order chi connectivity index (χ0) is 13.8. The van der Waals surface area contributed by atoms with Crippen LogP contribution in [0.2, 0.25) is 0 Å². The first kappa shape index (κ1) is 14.1. The van der Waals surface area contributed by atoms with Gasteiger partial charge >= 0.3 is 0 Å². The van der Waals surface area contributed by atoms with Gasteiger partial charge in [-0.25, -0.2) is 0 Å². The Hall–Kier alpha value is -1.28. The Kier molecular flexibility index (Phi) is 4.65. The molecule has 0 saturated carbocycles. The molecular weight excluding hydrogens is 232 g/mol. The van der Waals surface area contributed by atoms with Crippen molar-refractivity contribution in [3.8, 4) is 0 Å². The molecule has 0 bridgehead atoms. The van der Waals surface area contributed by atoms with E-state index in [2.05, 4.69) is 68.0 Å². The maximum atomic E-state index is 3.53. The SMILES string of the molecule is CC(C)CNCc1cccc2c1ccn2CC(C)C. The second-order valence-corrected chi connectivity index (χ2v) is 6.24. The van der Waals surface area contributed by atoms with E-state index in [0.29, 0.717) is 11.8 Å². The van der Waals surface area contributed by atoms with E-state index in [1.165, 1.54) is 16.5 Å². The minimum absolute atomic E-state index is 0.679. The Morgan fingerprint density at radius 3 is 2.53 bits per heavy atom. The molecular formula is C17H26N2. The van der Waals surface area contributed by atoms with Crippen molar-refractivity contribution in [1.29, 1.82) is 0 Å². The average molecular weight is 258 g/mol. The zero-order valence-electron chi connectivity index (χ0n) is 12.6. The molecule has 0 atom stereocenters. The van der Waals surface area contributed by atoms with Crippen LogP contribution < -0.4 is 5.32 Å². The van der Waals surface area contributed by atoms with Gasteiger partial charge in [-0.1, -0.05) is 39.8 Å². The van der Waals surface area contributed by atoms with E-state index in [1.807, 2.05) is 0 Å². The van der Waals surface area contributed by atoms with Crippen molar-refractivity contribution in [1.82, 2.24) is 9.88 Å². The minimum Gasteiger partial charge on any atom is -0.347 e. The molecule has 2 aromatic rings. The number of nitrogens with one attached hydrogen (secondary N) is 1. The molecule has 0 radical (unpaired) electrons. The van der Waals surface area contributed by atoms with Gasteiger partial charge in [0, 0.05) is 30.2 Å². The van der Waals surface area contributed by atoms with E-state index in [-0.39, 0.29) is 0 Å². The van der Waals surface area contributed by atoms with E-state index in [9.17, 15) is 0 Å². The van der Waals surface area contributed by atoms with Crippen molar-refractivity contribution < 1.29 is 0 Å². The Labute approximate surface area is 116 Å². The number of benzene rings is 1. The van der Waals surface area contributed by atoms with Gasteiger partial charge in [0.25, 0.3) is 0 Å². The first-order chi connectivity index (χ1) is 9.08. The van der Waals surface area contributed by atoms with Crippen molar-refractivity contribution in [2.45, 2.75) is 40.8 Å². The predicted octanol–water partition coefficient (Wildman–Crippen LogP) is 4.04. The molecule has 1 N–H and O–H groups in total. The fraction of sp³-hybridized carbons (Fsp3) is 0.529. The first-order valence-corrected chi connectivity index (χ1v) is 7.35. The second-order valence-electron chi connectivity index (χ2n) is 6.24. The first-order valence-electron chi connectivity index (χ1n) is 7.35. The smallest absolute Gasteiger partial charge is 0.0483 e. The van der Waals surface area contributed by atoms with E-state index < -0.39 is 0 Å². The lowest BCUT2D eigenvalue weighted by molar-refractivity contribution is 0.535. The monoisotopic (exact) mass is 258 g/mol. The maximum absolute atomic E-state index is 3.53. The second kappa shape index (κ2) is 6.25. The lowest BCUT2D eigenvalue weighted by Gasteiger charge is -2.11. The van der Waals surface area contributed by atoms with Crippen molar-refractivity contribution in [3.63, 3.8) is 0 Å². The summed E-state index contributed by atoms with van der Waals surface area (Å²) in [5, 5.41) is 4.92.